The molecule has 0 unspecified atom stereocenters. The third-order valence-corrected chi connectivity index (χ3v) is 9.88. The number of aryl methyl sites for hydroxylation is 4. The predicted molar refractivity (Wildman–Crippen MR) is 200 cm³/mol. The SMILES string of the molecule is COC(=O)c1cc2ccc1-c1nc3c(OC)c(C(N)=O)ccc3n1CCn1c(nc3c(OC)c(C(N)=O)ccc31)-c1cc(ccc1C(=O)OC)CCCC2. The average molecular weight is 731 g/mol. The van der Waals surface area contributed by atoms with Crippen molar-refractivity contribution in [1.82, 2.24) is 19.1 Å². The fraction of sp³-hybridized carbons (Fsp3) is 0.250. The van der Waals surface area contributed by atoms with E-state index in [2.05, 4.69) is 0 Å². The summed E-state index contributed by atoms with van der Waals surface area (Å²) in [6, 6.07) is 17.9. The minimum atomic E-state index is -0.687. The Hall–Kier alpha value is -6.70. The van der Waals surface area contributed by atoms with Gasteiger partial charge >= 0.3 is 11.9 Å². The number of hydrogen-bond acceptors (Lipinski definition) is 10. The molecule has 2 aliphatic rings. The van der Waals surface area contributed by atoms with E-state index in [-0.39, 0.29) is 35.7 Å². The number of ether oxygens (including phenoxy) is 4. The number of amides is 2. The van der Waals surface area contributed by atoms with Gasteiger partial charge in [-0.25, -0.2) is 19.6 Å². The van der Waals surface area contributed by atoms with Gasteiger partial charge in [0.25, 0.3) is 11.8 Å². The second-order valence-corrected chi connectivity index (χ2v) is 12.9. The first-order valence-corrected chi connectivity index (χ1v) is 17.3. The van der Waals surface area contributed by atoms with Gasteiger partial charge in [-0.1, -0.05) is 18.2 Å². The highest BCUT2D eigenvalue weighted by atomic mass is 16.5. The van der Waals surface area contributed by atoms with Gasteiger partial charge in [0, 0.05) is 24.2 Å². The van der Waals surface area contributed by atoms with Crippen LogP contribution in [0.1, 0.15) is 65.4 Å². The van der Waals surface area contributed by atoms with Gasteiger partial charge in [0.1, 0.15) is 22.7 Å². The molecule has 2 aliphatic heterocycles. The van der Waals surface area contributed by atoms with Gasteiger partial charge in [-0.05, 0) is 79.3 Å². The molecule has 0 saturated heterocycles. The lowest BCUT2D eigenvalue weighted by molar-refractivity contribution is 0.0592. The topological polar surface area (TPSA) is 193 Å². The Morgan fingerprint density at radius 3 is 1.54 bits per heavy atom. The third-order valence-electron chi connectivity index (χ3n) is 9.88. The lowest BCUT2D eigenvalue weighted by atomic mass is 9.97. The van der Waals surface area contributed by atoms with Gasteiger partial charge < -0.3 is 39.5 Å². The fourth-order valence-corrected chi connectivity index (χ4v) is 7.30. The van der Waals surface area contributed by atoms with Gasteiger partial charge in [-0.2, -0.15) is 0 Å². The average Bonchev–Trinajstić information content (AvgIpc) is 3.74. The number of rotatable bonds is 6. The number of carbonyl (C=O) groups excluding carboxylic acids is 4. The van der Waals surface area contributed by atoms with Crippen molar-refractivity contribution < 1.29 is 38.1 Å². The Bertz CT molecular complexity index is 2520. The number of primary amides is 2. The summed E-state index contributed by atoms with van der Waals surface area (Å²) >= 11 is 0. The number of esters is 2. The highest BCUT2D eigenvalue weighted by Crippen LogP contribution is 2.38. The van der Waals surface area contributed by atoms with E-state index in [9.17, 15) is 19.2 Å². The molecule has 4 N–H and O–H groups in total. The molecule has 14 heteroatoms. The van der Waals surface area contributed by atoms with Crippen molar-refractivity contribution in [3.8, 4) is 34.3 Å². The summed E-state index contributed by atoms with van der Waals surface area (Å²) in [5.41, 5.74) is 17.3. The van der Waals surface area contributed by atoms with Crippen LogP contribution in [0, 0.1) is 0 Å². The smallest absolute Gasteiger partial charge is 0.338 e. The minimum absolute atomic E-state index is 0.148. The molecule has 2 aromatic heterocycles. The Morgan fingerprint density at radius 2 is 1.04 bits per heavy atom. The molecule has 54 heavy (non-hydrogen) atoms. The first-order chi connectivity index (χ1) is 26.1. The number of methoxy groups -OCH3 is 4. The van der Waals surface area contributed by atoms with Gasteiger partial charge in [0.15, 0.2) is 11.5 Å². The van der Waals surface area contributed by atoms with Gasteiger partial charge in [-0.3, -0.25) is 9.59 Å². The second-order valence-electron chi connectivity index (χ2n) is 12.9. The molecule has 6 aromatic rings. The monoisotopic (exact) mass is 730 g/mol. The van der Waals surface area contributed by atoms with Crippen LogP contribution in [0.15, 0.2) is 60.7 Å². The van der Waals surface area contributed by atoms with Crippen LogP contribution >= 0.6 is 0 Å². The minimum Gasteiger partial charge on any atom is -0.494 e. The van der Waals surface area contributed by atoms with E-state index in [1.165, 1.54) is 28.4 Å². The van der Waals surface area contributed by atoms with Crippen LogP contribution in [0.25, 0.3) is 44.8 Å². The van der Waals surface area contributed by atoms with Crippen LogP contribution in [-0.4, -0.2) is 71.3 Å². The van der Waals surface area contributed by atoms with Crippen LogP contribution in [-0.2, 0) is 35.4 Å². The molecule has 8 rings (SSSR count). The van der Waals surface area contributed by atoms with Crippen LogP contribution in [0.3, 0.4) is 0 Å². The number of imidazole rings is 2. The van der Waals surface area contributed by atoms with Crippen LogP contribution in [0.2, 0.25) is 0 Å². The number of nitrogens with two attached hydrogens (primary N) is 2. The zero-order valence-corrected chi connectivity index (χ0v) is 30.2. The summed E-state index contributed by atoms with van der Waals surface area (Å²) in [4.78, 5) is 61.6. The molecule has 0 radical (unpaired) electrons. The highest BCUT2D eigenvalue weighted by Gasteiger charge is 2.27. The zero-order valence-electron chi connectivity index (χ0n) is 30.2. The van der Waals surface area contributed by atoms with Crippen molar-refractivity contribution >= 4 is 45.8 Å². The van der Waals surface area contributed by atoms with Crippen molar-refractivity contribution in [3.05, 3.63) is 94.0 Å². The van der Waals surface area contributed by atoms with E-state index < -0.39 is 23.8 Å². The van der Waals surface area contributed by atoms with E-state index in [1.54, 1.807) is 30.3 Å². The van der Waals surface area contributed by atoms with Crippen molar-refractivity contribution in [2.75, 3.05) is 28.4 Å². The summed E-state index contributed by atoms with van der Waals surface area (Å²) in [7, 11) is 5.53. The molecule has 0 fully saturated rings. The Morgan fingerprint density at radius 1 is 0.574 bits per heavy atom. The second kappa shape index (κ2) is 14.4. The third kappa shape index (κ3) is 6.04. The maximum Gasteiger partial charge on any atom is 0.338 e. The van der Waals surface area contributed by atoms with Crippen molar-refractivity contribution in [2.45, 2.75) is 38.8 Å². The lowest BCUT2D eigenvalue weighted by Crippen LogP contribution is -2.14. The summed E-state index contributed by atoms with van der Waals surface area (Å²) in [5, 5.41) is 0. The summed E-state index contributed by atoms with van der Waals surface area (Å²) < 4.78 is 25.7. The lowest BCUT2D eigenvalue weighted by Gasteiger charge is -2.16. The molecule has 0 spiro atoms. The van der Waals surface area contributed by atoms with E-state index in [0.29, 0.717) is 68.8 Å². The molecule has 14 nitrogen and oxygen atoms in total. The van der Waals surface area contributed by atoms with Crippen LogP contribution in [0.4, 0.5) is 0 Å². The molecule has 2 amide bonds. The molecule has 4 heterocycles. The maximum atomic E-state index is 13.4. The number of benzene rings is 4. The molecule has 4 bridgehead atoms. The highest BCUT2D eigenvalue weighted by molar-refractivity contribution is 6.04. The first kappa shape index (κ1) is 35.7. The predicted octanol–water partition coefficient (Wildman–Crippen LogP) is 5.09. The Labute approximate surface area is 309 Å². The quantitative estimate of drug-likeness (QED) is 0.218. The summed E-state index contributed by atoms with van der Waals surface area (Å²) in [6.07, 6.45) is 3.03. The molecular formula is C40H38N6O8. The Balaban J connectivity index is 1.55. The number of aromatic nitrogens is 4. The number of carbonyl (C=O) groups is 4. The zero-order chi connectivity index (χ0) is 38.3. The summed E-state index contributed by atoms with van der Waals surface area (Å²) in [5.74, 6) is -1.22. The van der Waals surface area contributed by atoms with E-state index in [4.69, 9.17) is 40.4 Å². The summed E-state index contributed by atoms with van der Waals surface area (Å²) in [6.45, 7) is 0.471. The van der Waals surface area contributed by atoms with Crippen LogP contribution in [0.5, 0.6) is 11.5 Å². The number of fused-ring (bicyclic) bond motifs is 8. The molecule has 276 valence electrons. The molecule has 0 atom stereocenters. The molecule has 0 saturated carbocycles. The van der Waals surface area contributed by atoms with E-state index in [1.807, 2.05) is 39.5 Å². The van der Waals surface area contributed by atoms with Crippen molar-refractivity contribution in [1.29, 1.82) is 0 Å². The maximum absolute atomic E-state index is 13.4. The molecule has 4 aromatic carbocycles. The van der Waals surface area contributed by atoms with Crippen LogP contribution < -0.4 is 20.9 Å². The number of nitrogens with zero attached hydrogens (tertiary/aromatic N) is 4. The standard InChI is InChI=1S/C40H38N6O8/c1-51-33-25(35(41)47)13-15-29-31(33)43-37-23-11-9-22(20-28(23)40(50)54-4)8-6-5-7-21-10-12-24(39(49)53-3)27(19-21)38-44-32-30(46(38)18-17-45(29)37)16-14-26(36(42)48)34(32)52-2/h9-16,19-20H,5-8,17-18H2,1-4H3,(H2,41,47)(H2,42,48). The van der Waals surface area contributed by atoms with E-state index >= 15 is 0 Å². The number of hydrogen-bond donors (Lipinski definition) is 2. The van der Waals surface area contributed by atoms with Gasteiger partial charge in [0.05, 0.1) is 61.7 Å². The van der Waals surface area contributed by atoms with Crippen molar-refractivity contribution in [3.63, 3.8) is 0 Å². The van der Waals surface area contributed by atoms with Gasteiger partial charge in [-0.15, -0.1) is 0 Å². The normalized spacial score (nSPS) is 12.8. The fourth-order valence-electron chi connectivity index (χ4n) is 7.30. The first-order valence-electron chi connectivity index (χ1n) is 17.3. The van der Waals surface area contributed by atoms with Gasteiger partial charge in [0.2, 0.25) is 0 Å². The van der Waals surface area contributed by atoms with Crippen molar-refractivity contribution in [2.24, 2.45) is 11.5 Å². The molecule has 0 aliphatic carbocycles. The largest absolute Gasteiger partial charge is 0.494 e. The van der Waals surface area contributed by atoms with E-state index in [0.717, 1.165) is 24.0 Å². The molecular weight excluding hydrogens is 692 g/mol. The Kier molecular flexibility index (Phi) is 9.50.